The number of hydrogen-bond acceptors (Lipinski definition) is 5. The third-order valence-corrected chi connectivity index (χ3v) is 5.21. The topological polar surface area (TPSA) is 65.7 Å². The lowest BCUT2D eigenvalue weighted by Gasteiger charge is -2.17. The molecular formula is C21H16Cl2O5. The third-order valence-electron chi connectivity index (χ3n) is 4.68. The fourth-order valence-electron chi connectivity index (χ4n) is 3.40. The molecule has 0 amide bonds. The van der Waals surface area contributed by atoms with E-state index in [4.69, 9.17) is 37.1 Å². The van der Waals surface area contributed by atoms with Gasteiger partial charge in [0.2, 0.25) is 0 Å². The number of carbonyl (C=O) groups is 1. The molecule has 7 heteroatoms. The monoisotopic (exact) mass is 418 g/mol. The number of halogens is 2. The lowest BCUT2D eigenvalue weighted by Crippen LogP contribution is -2.19. The maximum atomic E-state index is 12.3. The van der Waals surface area contributed by atoms with Crippen LogP contribution in [0.5, 0.6) is 11.5 Å². The average molecular weight is 419 g/mol. The van der Waals surface area contributed by atoms with Crippen LogP contribution < -0.4 is 15.1 Å². The second-order valence-electron chi connectivity index (χ2n) is 6.52. The van der Waals surface area contributed by atoms with Crippen LogP contribution in [0.1, 0.15) is 24.0 Å². The lowest BCUT2D eigenvalue weighted by atomic mass is 9.90. The van der Waals surface area contributed by atoms with Gasteiger partial charge in [-0.3, -0.25) is 0 Å². The van der Waals surface area contributed by atoms with E-state index in [0.29, 0.717) is 22.2 Å². The van der Waals surface area contributed by atoms with Gasteiger partial charge in [-0.05, 0) is 55.5 Å². The van der Waals surface area contributed by atoms with Crippen LogP contribution >= 0.6 is 23.2 Å². The Hall–Kier alpha value is -2.50. The first-order valence-electron chi connectivity index (χ1n) is 8.89. The third kappa shape index (κ3) is 3.73. The summed E-state index contributed by atoms with van der Waals surface area (Å²) in [5.74, 6) is -0.126. The second-order valence-corrected chi connectivity index (χ2v) is 7.37. The minimum atomic E-state index is -0.640. The van der Waals surface area contributed by atoms with Gasteiger partial charge in [0, 0.05) is 16.0 Å². The zero-order valence-electron chi connectivity index (χ0n) is 14.8. The molecule has 144 valence electrons. The fourth-order valence-corrected chi connectivity index (χ4v) is 3.87. The Morgan fingerprint density at radius 3 is 2.61 bits per heavy atom. The Morgan fingerprint density at radius 1 is 1.04 bits per heavy atom. The molecule has 1 aliphatic rings. The van der Waals surface area contributed by atoms with E-state index in [2.05, 4.69) is 0 Å². The summed E-state index contributed by atoms with van der Waals surface area (Å²) in [5.41, 5.74) is 1.63. The normalized spacial score (nSPS) is 13.2. The van der Waals surface area contributed by atoms with Gasteiger partial charge in [0.05, 0.1) is 5.02 Å². The molecule has 5 nitrogen and oxygen atoms in total. The number of para-hydroxylation sites is 1. The summed E-state index contributed by atoms with van der Waals surface area (Å²) in [4.78, 5) is 24.6. The highest BCUT2D eigenvalue weighted by Crippen LogP contribution is 2.32. The molecule has 1 aromatic heterocycles. The molecule has 28 heavy (non-hydrogen) atoms. The van der Waals surface area contributed by atoms with Crippen molar-refractivity contribution in [3.8, 4) is 11.5 Å². The minimum absolute atomic E-state index is 0.193. The van der Waals surface area contributed by atoms with E-state index in [0.717, 1.165) is 35.8 Å². The molecule has 0 fully saturated rings. The Morgan fingerprint density at radius 2 is 1.82 bits per heavy atom. The van der Waals surface area contributed by atoms with E-state index >= 15 is 0 Å². The molecular weight excluding hydrogens is 403 g/mol. The Labute approximate surface area is 170 Å². The summed E-state index contributed by atoms with van der Waals surface area (Å²) in [6.45, 7) is -0.354. The summed E-state index contributed by atoms with van der Waals surface area (Å²) in [6, 6.07) is 9.94. The van der Waals surface area contributed by atoms with Gasteiger partial charge < -0.3 is 13.9 Å². The van der Waals surface area contributed by atoms with Crippen LogP contribution in [0.3, 0.4) is 0 Å². The average Bonchev–Trinajstić information content (AvgIpc) is 2.68. The number of carbonyl (C=O) groups excluding carboxylic acids is 1. The van der Waals surface area contributed by atoms with Crippen molar-refractivity contribution in [3.63, 3.8) is 0 Å². The highest BCUT2D eigenvalue weighted by molar-refractivity contribution is 6.35. The molecule has 0 saturated heterocycles. The molecule has 0 atom stereocenters. The SMILES string of the molecule is O=C(COc1ccc(Cl)cc1Cl)Oc1cccc2c3c(c(=O)oc12)CCCC3. The van der Waals surface area contributed by atoms with E-state index in [-0.39, 0.29) is 23.6 Å². The molecule has 0 bridgehead atoms. The molecule has 0 saturated carbocycles. The van der Waals surface area contributed by atoms with E-state index < -0.39 is 5.97 Å². The van der Waals surface area contributed by atoms with Crippen molar-refractivity contribution in [1.29, 1.82) is 0 Å². The zero-order valence-corrected chi connectivity index (χ0v) is 16.3. The maximum Gasteiger partial charge on any atom is 0.349 e. The summed E-state index contributed by atoms with van der Waals surface area (Å²) in [6.07, 6.45) is 3.52. The standard InChI is InChI=1S/C21H16Cl2O5/c22-12-8-9-17(16(23)10-12)26-11-19(24)27-18-7-3-6-14-13-4-1-2-5-15(13)21(25)28-20(14)18/h3,6-10H,1-2,4-5,11H2. The van der Waals surface area contributed by atoms with Crippen molar-refractivity contribution in [2.45, 2.75) is 25.7 Å². The quantitative estimate of drug-likeness (QED) is 0.340. The smallest absolute Gasteiger partial charge is 0.349 e. The number of rotatable bonds is 4. The van der Waals surface area contributed by atoms with Gasteiger partial charge in [-0.25, -0.2) is 9.59 Å². The summed E-state index contributed by atoms with van der Waals surface area (Å²) < 4.78 is 16.3. The van der Waals surface area contributed by atoms with Gasteiger partial charge in [-0.2, -0.15) is 0 Å². The second kappa shape index (κ2) is 7.86. The summed E-state index contributed by atoms with van der Waals surface area (Å²) >= 11 is 11.9. The van der Waals surface area contributed by atoms with Crippen LogP contribution in [0.15, 0.2) is 45.6 Å². The van der Waals surface area contributed by atoms with Crippen LogP contribution in [0.25, 0.3) is 11.0 Å². The van der Waals surface area contributed by atoms with Crippen LogP contribution in [0.2, 0.25) is 10.0 Å². The Kier molecular flexibility index (Phi) is 5.29. The molecule has 1 heterocycles. The molecule has 0 aliphatic heterocycles. The van der Waals surface area contributed by atoms with Crippen molar-refractivity contribution in [2.75, 3.05) is 6.61 Å². The lowest BCUT2D eigenvalue weighted by molar-refractivity contribution is -0.136. The zero-order chi connectivity index (χ0) is 19.7. The van der Waals surface area contributed by atoms with E-state index in [1.165, 1.54) is 6.07 Å². The van der Waals surface area contributed by atoms with Crippen LogP contribution in [0, 0.1) is 0 Å². The predicted molar refractivity (Wildman–Crippen MR) is 107 cm³/mol. The molecule has 0 unspecified atom stereocenters. The van der Waals surface area contributed by atoms with Crippen molar-refractivity contribution in [2.24, 2.45) is 0 Å². The van der Waals surface area contributed by atoms with E-state index in [9.17, 15) is 9.59 Å². The number of benzene rings is 2. The predicted octanol–water partition coefficient (Wildman–Crippen LogP) is 4.96. The highest BCUT2D eigenvalue weighted by atomic mass is 35.5. The number of hydrogen-bond donors (Lipinski definition) is 0. The van der Waals surface area contributed by atoms with Crippen molar-refractivity contribution in [3.05, 3.63) is 68.0 Å². The van der Waals surface area contributed by atoms with Crippen molar-refractivity contribution >= 4 is 40.1 Å². The number of ether oxygens (including phenoxy) is 2. The van der Waals surface area contributed by atoms with Crippen molar-refractivity contribution < 1.29 is 18.7 Å². The largest absolute Gasteiger partial charge is 0.480 e. The van der Waals surface area contributed by atoms with Crippen LogP contribution in [-0.4, -0.2) is 12.6 Å². The van der Waals surface area contributed by atoms with Gasteiger partial charge in [0.15, 0.2) is 17.9 Å². The Bertz CT molecular complexity index is 1120. The molecule has 4 rings (SSSR count). The number of aryl methyl sites for hydroxylation is 1. The number of fused-ring (bicyclic) bond motifs is 3. The van der Waals surface area contributed by atoms with Crippen LogP contribution in [0.4, 0.5) is 0 Å². The first-order valence-corrected chi connectivity index (χ1v) is 9.64. The minimum Gasteiger partial charge on any atom is -0.480 e. The van der Waals surface area contributed by atoms with Gasteiger partial charge in [-0.1, -0.05) is 35.3 Å². The van der Waals surface area contributed by atoms with E-state index in [1.54, 1.807) is 24.3 Å². The molecule has 1 aliphatic carbocycles. The van der Waals surface area contributed by atoms with Crippen LogP contribution in [-0.2, 0) is 17.6 Å². The van der Waals surface area contributed by atoms with Gasteiger partial charge in [0.25, 0.3) is 0 Å². The first-order chi connectivity index (χ1) is 13.5. The van der Waals surface area contributed by atoms with E-state index in [1.807, 2.05) is 6.07 Å². The Balaban J connectivity index is 1.57. The highest BCUT2D eigenvalue weighted by Gasteiger charge is 2.20. The number of esters is 1. The molecule has 2 aromatic carbocycles. The van der Waals surface area contributed by atoms with Crippen molar-refractivity contribution in [1.82, 2.24) is 0 Å². The van der Waals surface area contributed by atoms with Gasteiger partial charge in [-0.15, -0.1) is 0 Å². The summed E-state index contributed by atoms with van der Waals surface area (Å²) in [5, 5.41) is 1.57. The molecule has 0 radical (unpaired) electrons. The fraction of sp³-hybridized carbons (Fsp3) is 0.238. The molecule has 0 N–H and O–H groups in total. The molecule has 0 spiro atoms. The summed E-state index contributed by atoms with van der Waals surface area (Å²) in [7, 11) is 0. The van der Waals surface area contributed by atoms with Gasteiger partial charge >= 0.3 is 11.6 Å². The molecule has 3 aromatic rings. The van der Waals surface area contributed by atoms with Gasteiger partial charge in [0.1, 0.15) is 5.75 Å². The maximum absolute atomic E-state index is 12.3. The first kappa shape index (κ1) is 18.8.